The number of carbonyl (C=O) groups is 1. The van der Waals surface area contributed by atoms with Crippen LogP contribution < -0.4 is 0 Å². The molecule has 4 rings (SSSR count). The second-order valence-corrected chi connectivity index (χ2v) is 7.81. The zero-order valence-corrected chi connectivity index (χ0v) is 18.9. The van der Waals surface area contributed by atoms with Crippen molar-refractivity contribution in [3.63, 3.8) is 0 Å². The van der Waals surface area contributed by atoms with E-state index in [1.54, 1.807) is 41.9 Å². The van der Waals surface area contributed by atoms with Crippen LogP contribution in [0.2, 0.25) is 10.0 Å². The van der Waals surface area contributed by atoms with Crippen molar-refractivity contribution >= 4 is 34.9 Å². The molecule has 3 aromatic carbocycles. The average Bonchev–Trinajstić information content (AvgIpc) is 3.20. The quantitative estimate of drug-likeness (QED) is 0.176. The first-order valence-electron chi connectivity index (χ1n) is 9.96. The van der Waals surface area contributed by atoms with Crippen LogP contribution in [-0.2, 0) is 4.74 Å². The third kappa shape index (κ3) is 4.46. The molecule has 0 aliphatic rings. The van der Waals surface area contributed by atoms with Gasteiger partial charge in [0.25, 0.3) is 5.69 Å². The lowest BCUT2D eigenvalue weighted by molar-refractivity contribution is -0.384. The van der Waals surface area contributed by atoms with Gasteiger partial charge in [-0.1, -0.05) is 53.5 Å². The monoisotopic (exact) mass is 481 g/mol. The van der Waals surface area contributed by atoms with Crippen LogP contribution in [-0.4, -0.2) is 27.3 Å². The first-order chi connectivity index (χ1) is 15.9. The topological polar surface area (TPSA) is 87.3 Å². The molecule has 0 unspecified atom stereocenters. The number of carbonyl (C=O) groups excluding carboxylic acids is 1. The van der Waals surface area contributed by atoms with Crippen LogP contribution in [0.15, 0.2) is 72.8 Å². The van der Waals surface area contributed by atoms with Crippen molar-refractivity contribution in [2.75, 3.05) is 6.61 Å². The largest absolute Gasteiger partial charge is 0.462 e. The van der Waals surface area contributed by atoms with E-state index in [2.05, 4.69) is 0 Å². The van der Waals surface area contributed by atoms with Crippen LogP contribution in [0.4, 0.5) is 5.69 Å². The van der Waals surface area contributed by atoms with Crippen LogP contribution in [0.5, 0.6) is 0 Å². The summed E-state index contributed by atoms with van der Waals surface area (Å²) in [5.41, 5.74) is 2.70. The van der Waals surface area contributed by atoms with E-state index < -0.39 is 10.9 Å². The summed E-state index contributed by atoms with van der Waals surface area (Å²) in [6, 6.07) is 20.0. The van der Waals surface area contributed by atoms with E-state index >= 15 is 0 Å². The Morgan fingerprint density at radius 2 is 1.76 bits per heavy atom. The van der Waals surface area contributed by atoms with Gasteiger partial charge in [0.15, 0.2) is 0 Å². The minimum atomic E-state index is -0.564. The molecule has 0 aliphatic carbocycles. The Labute approximate surface area is 199 Å². The lowest BCUT2D eigenvalue weighted by atomic mass is 10.0. The number of nitrogens with zero attached hydrogens (tertiary/aromatic N) is 3. The van der Waals surface area contributed by atoms with Crippen LogP contribution in [0.25, 0.3) is 28.2 Å². The molecule has 0 fully saturated rings. The number of hydrogen-bond acceptors (Lipinski definition) is 5. The molecule has 0 bridgehead atoms. The second kappa shape index (κ2) is 9.44. The number of aromatic nitrogens is 2. The van der Waals surface area contributed by atoms with Crippen molar-refractivity contribution in [2.45, 2.75) is 6.92 Å². The third-order valence-corrected chi connectivity index (χ3v) is 5.45. The minimum absolute atomic E-state index is 0.0567. The molecule has 33 heavy (non-hydrogen) atoms. The molecule has 0 spiro atoms. The Hall–Kier alpha value is -3.68. The summed E-state index contributed by atoms with van der Waals surface area (Å²) in [6.07, 6.45) is 0. The van der Waals surface area contributed by atoms with Gasteiger partial charge in [-0.2, -0.15) is 5.10 Å². The minimum Gasteiger partial charge on any atom is -0.462 e. The van der Waals surface area contributed by atoms with Gasteiger partial charge in [0.2, 0.25) is 0 Å². The zero-order valence-electron chi connectivity index (χ0n) is 17.4. The molecule has 9 heteroatoms. The van der Waals surface area contributed by atoms with Crippen molar-refractivity contribution in [2.24, 2.45) is 0 Å². The van der Waals surface area contributed by atoms with Crippen molar-refractivity contribution in [3.8, 4) is 28.2 Å². The smallest absolute Gasteiger partial charge is 0.342 e. The molecule has 0 N–H and O–H groups in total. The van der Waals surface area contributed by atoms with E-state index in [4.69, 9.17) is 33.0 Å². The Bertz CT molecular complexity index is 1340. The first-order valence-corrected chi connectivity index (χ1v) is 10.7. The number of esters is 1. The summed E-state index contributed by atoms with van der Waals surface area (Å²) >= 11 is 12.5. The van der Waals surface area contributed by atoms with Crippen molar-refractivity contribution < 1.29 is 14.5 Å². The second-order valence-electron chi connectivity index (χ2n) is 6.97. The van der Waals surface area contributed by atoms with Gasteiger partial charge < -0.3 is 4.74 Å². The van der Waals surface area contributed by atoms with E-state index in [-0.39, 0.29) is 17.9 Å². The molecule has 0 saturated heterocycles. The fourth-order valence-corrected chi connectivity index (χ4v) is 3.95. The molecule has 1 heterocycles. The molecular weight excluding hydrogens is 465 g/mol. The lowest BCUT2D eigenvalue weighted by Crippen LogP contribution is -2.08. The first kappa shape index (κ1) is 22.5. The van der Waals surface area contributed by atoms with Gasteiger partial charge >= 0.3 is 5.97 Å². The molecule has 4 aromatic rings. The number of hydrogen-bond donors (Lipinski definition) is 0. The number of nitro groups is 1. The normalized spacial score (nSPS) is 10.8. The molecule has 1 aromatic heterocycles. The highest BCUT2D eigenvalue weighted by atomic mass is 35.5. The van der Waals surface area contributed by atoms with Crippen molar-refractivity contribution in [1.29, 1.82) is 0 Å². The van der Waals surface area contributed by atoms with Crippen molar-refractivity contribution in [1.82, 2.24) is 9.78 Å². The maximum atomic E-state index is 13.2. The fraction of sp³-hybridized carbons (Fsp3) is 0.0833. The Morgan fingerprint density at radius 1 is 1.06 bits per heavy atom. The Kier molecular flexibility index (Phi) is 6.44. The number of benzene rings is 3. The molecule has 7 nitrogen and oxygen atoms in total. The van der Waals surface area contributed by atoms with Crippen LogP contribution >= 0.6 is 23.2 Å². The SMILES string of the molecule is CCOC(=O)c1c(-c2ccc(Cl)cc2Cl)nn(-c2ccc([N+](=O)[O-])cc2)c1-c1ccccc1. The van der Waals surface area contributed by atoms with Crippen LogP contribution in [0, 0.1) is 10.1 Å². The van der Waals surface area contributed by atoms with Gasteiger partial charge in [-0.15, -0.1) is 0 Å². The van der Waals surface area contributed by atoms with E-state index in [0.29, 0.717) is 38.2 Å². The van der Waals surface area contributed by atoms with Crippen molar-refractivity contribution in [3.05, 3.63) is 98.5 Å². The maximum Gasteiger partial charge on any atom is 0.342 e. The number of halogens is 2. The number of rotatable bonds is 6. The van der Waals surface area contributed by atoms with E-state index in [1.807, 2.05) is 30.3 Å². The van der Waals surface area contributed by atoms with E-state index in [9.17, 15) is 14.9 Å². The van der Waals surface area contributed by atoms with E-state index in [1.165, 1.54) is 12.1 Å². The Balaban J connectivity index is 2.05. The Morgan fingerprint density at radius 3 is 2.36 bits per heavy atom. The highest BCUT2D eigenvalue weighted by molar-refractivity contribution is 6.36. The van der Waals surface area contributed by atoms with Gasteiger partial charge in [0.05, 0.1) is 27.9 Å². The zero-order chi connectivity index (χ0) is 23.5. The predicted octanol–water partition coefficient (Wildman–Crippen LogP) is 6.60. The summed E-state index contributed by atoms with van der Waals surface area (Å²) in [5.74, 6) is -0.564. The van der Waals surface area contributed by atoms with Crippen LogP contribution in [0.3, 0.4) is 0 Å². The highest BCUT2D eigenvalue weighted by Crippen LogP contribution is 2.38. The van der Waals surface area contributed by atoms with Gasteiger partial charge in [0, 0.05) is 28.3 Å². The van der Waals surface area contributed by atoms with Gasteiger partial charge in [-0.3, -0.25) is 10.1 Å². The summed E-state index contributed by atoms with van der Waals surface area (Å²) < 4.78 is 6.93. The molecule has 0 atom stereocenters. The summed E-state index contributed by atoms with van der Waals surface area (Å²) in [5, 5.41) is 16.6. The molecular formula is C24H17Cl2N3O4. The number of non-ortho nitro benzene ring substituents is 1. The highest BCUT2D eigenvalue weighted by Gasteiger charge is 2.29. The molecule has 0 saturated carbocycles. The summed E-state index contributed by atoms with van der Waals surface area (Å²) in [7, 11) is 0. The van der Waals surface area contributed by atoms with Gasteiger partial charge in [-0.05, 0) is 37.3 Å². The average molecular weight is 482 g/mol. The van der Waals surface area contributed by atoms with Gasteiger partial charge in [0.1, 0.15) is 11.3 Å². The number of nitro benzene ring substituents is 1. The van der Waals surface area contributed by atoms with Gasteiger partial charge in [-0.25, -0.2) is 9.48 Å². The molecule has 166 valence electrons. The fourth-order valence-electron chi connectivity index (χ4n) is 3.45. The summed E-state index contributed by atoms with van der Waals surface area (Å²) in [6.45, 7) is 1.89. The molecule has 0 radical (unpaired) electrons. The third-order valence-electron chi connectivity index (χ3n) is 4.90. The van der Waals surface area contributed by atoms with Crippen LogP contribution in [0.1, 0.15) is 17.3 Å². The standard InChI is InChI=1S/C24H17Cl2N3O4/c1-2-33-24(30)21-22(19-13-8-16(25)14-20(19)26)27-28(23(21)15-6-4-3-5-7-15)17-9-11-18(12-10-17)29(31)32/h3-14H,2H2,1H3. The summed E-state index contributed by atoms with van der Waals surface area (Å²) in [4.78, 5) is 23.8. The maximum absolute atomic E-state index is 13.2. The lowest BCUT2D eigenvalue weighted by Gasteiger charge is -2.10. The number of ether oxygens (including phenoxy) is 1. The molecule has 0 amide bonds. The van der Waals surface area contributed by atoms with E-state index in [0.717, 1.165) is 0 Å². The molecule has 0 aliphatic heterocycles. The predicted molar refractivity (Wildman–Crippen MR) is 127 cm³/mol.